The first-order chi connectivity index (χ1) is 17.8. The number of sulfonamides is 1. The van der Waals surface area contributed by atoms with Gasteiger partial charge in [-0.05, 0) is 30.3 Å². The van der Waals surface area contributed by atoms with Gasteiger partial charge in [0.1, 0.15) is 23.6 Å². The fraction of sp³-hybridized carbons (Fsp3) is 0.333. The number of aliphatic hydroxyl groups is 2. The number of furan rings is 1. The highest BCUT2D eigenvalue weighted by molar-refractivity contribution is 7.89. The lowest BCUT2D eigenvalue weighted by Crippen LogP contribution is -2.38. The van der Waals surface area contributed by atoms with Crippen molar-refractivity contribution in [3.8, 4) is 0 Å². The number of ether oxygens (including phenoxy) is 3. The molecule has 4 rings (SSSR count). The normalized spacial score (nSPS) is 14.6. The first kappa shape index (κ1) is 26.6. The van der Waals surface area contributed by atoms with Crippen LogP contribution in [0.3, 0.4) is 0 Å². The minimum Gasteiger partial charge on any atom is -0.466 e. The van der Waals surface area contributed by atoms with E-state index in [0.29, 0.717) is 27.6 Å². The van der Waals surface area contributed by atoms with Crippen molar-refractivity contribution in [2.75, 3.05) is 58.8 Å². The van der Waals surface area contributed by atoms with Crippen LogP contribution < -0.4 is 4.90 Å². The molecular weight excluding hydrogens is 508 g/mol. The summed E-state index contributed by atoms with van der Waals surface area (Å²) in [4.78, 5) is 26.3. The van der Waals surface area contributed by atoms with Gasteiger partial charge in [0, 0.05) is 35.6 Å². The van der Waals surface area contributed by atoms with Crippen LogP contribution in [0.2, 0.25) is 0 Å². The Kier molecular flexibility index (Phi) is 7.80. The van der Waals surface area contributed by atoms with E-state index in [1.54, 1.807) is 18.2 Å². The van der Waals surface area contributed by atoms with Crippen molar-refractivity contribution in [2.24, 2.45) is 0 Å². The third-order valence-electron chi connectivity index (χ3n) is 5.91. The first-order valence-corrected chi connectivity index (χ1v) is 12.6. The molecule has 0 radical (unpaired) electrons. The fourth-order valence-corrected chi connectivity index (χ4v) is 5.59. The van der Waals surface area contributed by atoms with E-state index < -0.39 is 35.2 Å². The Morgan fingerprint density at radius 2 is 1.68 bits per heavy atom. The topological polar surface area (TPSA) is 156 Å². The van der Waals surface area contributed by atoms with E-state index in [-0.39, 0.29) is 42.6 Å². The lowest BCUT2D eigenvalue weighted by Gasteiger charge is -2.31. The molecule has 0 saturated heterocycles. The van der Waals surface area contributed by atoms with Gasteiger partial charge in [-0.25, -0.2) is 18.0 Å². The summed E-state index contributed by atoms with van der Waals surface area (Å²) >= 11 is 0. The zero-order valence-electron chi connectivity index (χ0n) is 20.2. The molecule has 0 fully saturated rings. The summed E-state index contributed by atoms with van der Waals surface area (Å²) in [6.07, 6.45) is 0. The first-order valence-electron chi connectivity index (χ1n) is 11.2. The highest BCUT2D eigenvalue weighted by Crippen LogP contribution is 2.35. The molecule has 0 atom stereocenters. The zero-order valence-corrected chi connectivity index (χ0v) is 21.0. The lowest BCUT2D eigenvalue weighted by molar-refractivity contribution is -0.140. The number of nitrogens with zero attached hydrogens (tertiary/aromatic N) is 2. The second kappa shape index (κ2) is 10.9. The molecule has 2 N–H and O–H groups in total. The number of fused-ring (bicyclic) bond motifs is 3. The Morgan fingerprint density at radius 1 is 0.973 bits per heavy atom. The highest BCUT2D eigenvalue weighted by Gasteiger charge is 2.33. The van der Waals surface area contributed by atoms with Crippen LogP contribution in [-0.2, 0) is 33.8 Å². The number of carbonyl (C=O) groups is 2. The second-order valence-corrected chi connectivity index (χ2v) is 9.95. The minimum atomic E-state index is -3.98. The molecule has 2 aromatic carbocycles. The fourth-order valence-electron chi connectivity index (χ4n) is 4.14. The average molecular weight is 535 g/mol. The van der Waals surface area contributed by atoms with Crippen LogP contribution in [-0.4, -0.2) is 88.7 Å². The van der Waals surface area contributed by atoms with Gasteiger partial charge in [0.25, 0.3) is 0 Å². The van der Waals surface area contributed by atoms with Gasteiger partial charge < -0.3 is 33.7 Å². The molecule has 0 aliphatic carbocycles. The molecular formula is C24H26N2O10S. The Labute approximate surface area is 212 Å². The standard InChI is InChI=1S/C24H26N2O10S/c1-33-23(29)19-13-35-14-26(22(19)24(30)34-2)15-3-5-17-18-12-16(4-6-20(18)36-21(17)11-15)37(31,32)25(7-9-27)8-10-28/h3-6,11-12,27-28H,7-10,13-14H2,1-2H3. The molecule has 37 heavy (non-hydrogen) atoms. The van der Waals surface area contributed by atoms with E-state index >= 15 is 0 Å². The maximum absolute atomic E-state index is 13.1. The number of esters is 2. The van der Waals surface area contributed by atoms with Gasteiger partial charge in [-0.15, -0.1) is 0 Å². The Bertz CT molecular complexity index is 1470. The second-order valence-electron chi connectivity index (χ2n) is 8.01. The van der Waals surface area contributed by atoms with Crippen molar-refractivity contribution < 1.29 is 46.8 Å². The van der Waals surface area contributed by atoms with Crippen LogP contribution in [0.25, 0.3) is 21.9 Å². The van der Waals surface area contributed by atoms with Crippen LogP contribution in [0.1, 0.15) is 0 Å². The summed E-state index contributed by atoms with van der Waals surface area (Å²) < 4.78 is 48.3. The van der Waals surface area contributed by atoms with Gasteiger partial charge in [-0.3, -0.25) is 0 Å². The number of carbonyl (C=O) groups excluding carboxylic acids is 2. The summed E-state index contributed by atoms with van der Waals surface area (Å²) in [5, 5.41) is 19.6. The smallest absolute Gasteiger partial charge is 0.355 e. The van der Waals surface area contributed by atoms with E-state index in [9.17, 15) is 28.2 Å². The van der Waals surface area contributed by atoms with Gasteiger partial charge >= 0.3 is 11.9 Å². The van der Waals surface area contributed by atoms with Gasteiger partial charge in [-0.2, -0.15) is 4.31 Å². The van der Waals surface area contributed by atoms with Crippen molar-refractivity contribution >= 4 is 49.6 Å². The van der Waals surface area contributed by atoms with Gasteiger partial charge in [-0.1, -0.05) is 0 Å². The monoisotopic (exact) mass is 534 g/mol. The largest absolute Gasteiger partial charge is 0.466 e. The summed E-state index contributed by atoms with van der Waals surface area (Å²) in [6.45, 7) is -1.25. The summed E-state index contributed by atoms with van der Waals surface area (Å²) in [7, 11) is -1.58. The van der Waals surface area contributed by atoms with Crippen LogP contribution in [0, 0.1) is 0 Å². The highest BCUT2D eigenvalue weighted by atomic mass is 32.2. The number of anilines is 1. The van der Waals surface area contributed by atoms with E-state index in [1.165, 1.54) is 37.3 Å². The number of methoxy groups -OCH3 is 2. The molecule has 0 saturated carbocycles. The molecule has 1 aliphatic rings. The summed E-state index contributed by atoms with van der Waals surface area (Å²) in [5.41, 5.74) is 1.29. The van der Waals surface area contributed by atoms with Crippen LogP contribution in [0.5, 0.6) is 0 Å². The molecule has 13 heteroatoms. The zero-order chi connectivity index (χ0) is 26.7. The average Bonchev–Trinajstić information content (AvgIpc) is 3.28. The van der Waals surface area contributed by atoms with Gasteiger partial charge in [0.05, 0.1) is 44.5 Å². The van der Waals surface area contributed by atoms with Crippen LogP contribution in [0.15, 0.2) is 57.0 Å². The maximum atomic E-state index is 13.1. The molecule has 0 amide bonds. The summed E-state index contributed by atoms with van der Waals surface area (Å²) in [6, 6.07) is 9.40. The molecule has 1 aromatic heterocycles. The van der Waals surface area contributed by atoms with E-state index in [4.69, 9.17) is 18.6 Å². The van der Waals surface area contributed by atoms with Crippen molar-refractivity contribution in [2.45, 2.75) is 4.90 Å². The minimum absolute atomic E-state index is 0.00969. The Hall–Kier alpha value is -3.49. The quantitative estimate of drug-likeness (QED) is 0.377. The predicted octanol–water partition coefficient (Wildman–Crippen LogP) is 0.956. The molecule has 3 aromatic rings. The number of aliphatic hydroxyl groups excluding tert-OH is 2. The number of rotatable bonds is 9. The van der Waals surface area contributed by atoms with E-state index in [1.807, 2.05) is 0 Å². The van der Waals surface area contributed by atoms with Crippen molar-refractivity contribution in [1.82, 2.24) is 4.31 Å². The lowest BCUT2D eigenvalue weighted by atomic mass is 10.1. The SMILES string of the molecule is COC(=O)C1=C(C(=O)OC)N(c2ccc3c(c2)oc2ccc(S(=O)(=O)N(CCO)CCO)cc23)COC1. The van der Waals surface area contributed by atoms with E-state index in [0.717, 1.165) is 4.31 Å². The number of hydrogen-bond donors (Lipinski definition) is 2. The molecule has 1 aliphatic heterocycles. The van der Waals surface area contributed by atoms with E-state index in [2.05, 4.69) is 0 Å². The summed E-state index contributed by atoms with van der Waals surface area (Å²) in [5.74, 6) is -1.46. The molecule has 2 heterocycles. The van der Waals surface area contributed by atoms with Crippen molar-refractivity contribution in [3.05, 3.63) is 47.7 Å². The number of benzene rings is 2. The molecule has 0 unspecified atom stereocenters. The molecule has 12 nitrogen and oxygen atoms in total. The Balaban J connectivity index is 1.79. The van der Waals surface area contributed by atoms with Crippen molar-refractivity contribution in [1.29, 1.82) is 0 Å². The van der Waals surface area contributed by atoms with Crippen LogP contribution in [0.4, 0.5) is 5.69 Å². The van der Waals surface area contributed by atoms with Crippen LogP contribution >= 0.6 is 0 Å². The molecule has 198 valence electrons. The van der Waals surface area contributed by atoms with Gasteiger partial charge in [0.2, 0.25) is 10.0 Å². The Morgan fingerprint density at radius 3 is 2.32 bits per heavy atom. The number of hydrogen-bond acceptors (Lipinski definition) is 11. The molecule has 0 spiro atoms. The third kappa shape index (κ3) is 4.91. The third-order valence-corrected chi connectivity index (χ3v) is 7.80. The maximum Gasteiger partial charge on any atom is 0.355 e. The predicted molar refractivity (Wildman–Crippen MR) is 131 cm³/mol. The van der Waals surface area contributed by atoms with Crippen molar-refractivity contribution in [3.63, 3.8) is 0 Å². The molecule has 0 bridgehead atoms. The van der Waals surface area contributed by atoms with Gasteiger partial charge in [0.15, 0.2) is 0 Å².